The van der Waals surface area contributed by atoms with E-state index in [0.717, 1.165) is 13.1 Å². The molecule has 0 spiro atoms. The molecular weight excluding hydrogens is 220 g/mol. The maximum Gasteiger partial charge on any atom is 0.0414 e. The largest absolute Gasteiger partial charge is 0.371 e. The number of nitrogens with zero attached hydrogens (tertiary/aromatic N) is 1. The molecule has 0 bridgehead atoms. The van der Waals surface area contributed by atoms with Gasteiger partial charge in [0.05, 0.1) is 0 Å². The minimum atomic E-state index is 0.0861. The van der Waals surface area contributed by atoms with E-state index < -0.39 is 0 Å². The van der Waals surface area contributed by atoms with Gasteiger partial charge in [-0.05, 0) is 30.4 Å². The summed E-state index contributed by atoms with van der Waals surface area (Å²) in [4.78, 5) is 2.48. The predicted molar refractivity (Wildman–Crippen MR) is 80.9 cm³/mol. The number of nitrogens with two attached hydrogens (primary N) is 1. The second-order valence-electron chi connectivity index (χ2n) is 6.04. The van der Waals surface area contributed by atoms with E-state index in [1.807, 2.05) is 0 Å². The van der Waals surface area contributed by atoms with Gasteiger partial charge >= 0.3 is 0 Å². The van der Waals surface area contributed by atoms with Crippen molar-refractivity contribution >= 4 is 5.69 Å². The fourth-order valence-electron chi connectivity index (χ4n) is 2.31. The van der Waals surface area contributed by atoms with E-state index in [1.165, 1.54) is 11.3 Å². The highest BCUT2D eigenvalue weighted by Crippen LogP contribution is 2.26. The Balaban J connectivity index is 3.03. The second kappa shape index (κ2) is 6.79. The molecule has 0 amide bonds. The molecule has 0 aliphatic heterocycles. The molecule has 2 N–H and O–H groups in total. The molecule has 1 rings (SSSR count). The van der Waals surface area contributed by atoms with Gasteiger partial charge in [-0.15, -0.1) is 0 Å². The molecule has 0 aliphatic rings. The standard InChI is InChI=1S/C16H28N2/c1-12(2)10-18(11-13(3)4)16-9-7-6-8-15(16)14(5)17/h6-9,12-14H,10-11,17H2,1-5H3/t14-/m0/s1. The van der Waals surface area contributed by atoms with Crippen molar-refractivity contribution in [2.24, 2.45) is 17.6 Å². The molecule has 1 aromatic carbocycles. The highest BCUT2D eigenvalue weighted by molar-refractivity contribution is 5.55. The average Bonchev–Trinajstić information content (AvgIpc) is 2.26. The van der Waals surface area contributed by atoms with Crippen LogP contribution in [-0.4, -0.2) is 13.1 Å². The highest BCUT2D eigenvalue weighted by Gasteiger charge is 2.15. The van der Waals surface area contributed by atoms with Crippen LogP contribution in [0.4, 0.5) is 5.69 Å². The number of benzene rings is 1. The van der Waals surface area contributed by atoms with Crippen molar-refractivity contribution in [3.05, 3.63) is 29.8 Å². The van der Waals surface area contributed by atoms with Crippen LogP contribution in [0.25, 0.3) is 0 Å². The average molecular weight is 248 g/mol. The molecule has 0 radical (unpaired) electrons. The van der Waals surface area contributed by atoms with Gasteiger partial charge in [0.15, 0.2) is 0 Å². The summed E-state index contributed by atoms with van der Waals surface area (Å²) >= 11 is 0. The van der Waals surface area contributed by atoms with E-state index >= 15 is 0 Å². The Bertz CT molecular complexity index is 346. The molecule has 1 aromatic rings. The maximum absolute atomic E-state index is 6.09. The van der Waals surface area contributed by atoms with Crippen LogP contribution < -0.4 is 10.6 Å². The lowest BCUT2D eigenvalue weighted by Crippen LogP contribution is -2.32. The van der Waals surface area contributed by atoms with Crippen LogP contribution in [0, 0.1) is 11.8 Å². The van der Waals surface area contributed by atoms with E-state index in [1.54, 1.807) is 0 Å². The Kier molecular flexibility index (Phi) is 5.67. The number of rotatable bonds is 6. The Hall–Kier alpha value is -1.02. The lowest BCUT2D eigenvalue weighted by atomic mass is 10.0. The quantitative estimate of drug-likeness (QED) is 0.829. The Morgan fingerprint density at radius 1 is 0.944 bits per heavy atom. The van der Waals surface area contributed by atoms with Crippen molar-refractivity contribution in [3.8, 4) is 0 Å². The van der Waals surface area contributed by atoms with Crippen LogP contribution in [0.15, 0.2) is 24.3 Å². The van der Waals surface area contributed by atoms with Crippen LogP contribution in [0.2, 0.25) is 0 Å². The zero-order chi connectivity index (χ0) is 13.7. The number of hydrogen-bond acceptors (Lipinski definition) is 2. The summed E-state index contributed by atoms with van der Waals surface area (Å²) in [7, 11) is 0. The fraction of sp³-hybridized carbons (Fsp3) is 0.625. The molecule has 0 heterocycles. The van der Waals surface area contributed by atoms with Crippen molar-refractivity contribution in [1.29, 1.82) is 0 Å². The monoisotopic (exact) mass is 248 g/mol. The van der Waals surface area contributed by atoms with Crippen LogP contribution in [0.5, 0.6) is 0 Å². The summed E-state index contributed by atoms with van der Waals surface area (Å²) in [6.45, 7) is 13.3. The normalized spacial score (nSPS) is 13.1. The zero-order valence-electron chi connectivity index (χ0n) is 12.5. The van der Waals surface area contributed by atoms with Crippen LogP contribution >= 0.6 is 0 Å². The van der Waals surface area contributed by atoms with Gasteiger partial charge in [0, 0.05) is 24.8 Å². The van der Waals surface area contributed by atoms with Gasteiger partial charge in [0.2, 0.25) is 0 Å². The third-order valence-corrected chi connectivity index (χ3v) is 2.94. The first-order valence-electron chi connectivity index (χ1n) is 7.01. The van der Waals surface area contributed by atoms with Crippen LogP contribution in [-0.2, 0) is 0 Å². The van der Waals surface area contributed by atoms with Gasteiger partial charge in [-0.1, -0.05) is 45.9 Å². The minimum Gasteiger partial charge on any atom is -0.371 e. The number of anilines is 1. The number of hydrogen-bond donors (Lipinski definition) is 1. The molecule has 102 valence electrons. The third-order valence-electron chi connectivity index (χ3n) is 2.94. The molecule has 0 saturated carbocycles. The van der Waals surface area contributed by atoms with Gasteiger partial charge in [-0.3, -0.25) is 0 Å². The SMILES string of the molecule is CC(C)CN(CC(C)C)c1ccccc1[C@H](C)N. The summed E-state index contributed by atoms with van der Waals surface area (Å²) in [6.07, 6.45) is 0. The summed E-state index contributed by atoms with van der Waals surface area (Å²) in [5.41, 5.74) is 8.64. The molecular formula is C16H28N2. The lowest BCUT2D eigenvalue weighted by Gasteiger charge is -2.31. The molecule has 0 aromatic heterocycles. The van der Waals surface area contributed by atoms with E-state index in [0.29, 0.717) is 11.8 Å². The Morgan fingerprint density at radius 2 is 1.44 bits per heavy atom. The van der Waals surface area contributed by atoms with E-state index in [-0.39, 0.29) is 6.04 Å². The van der Waals surface area contributed by atoms with Crippen LogP contribution in [0.1, 0.15) is 46.2 Å². The summed E-state index contributed by atoms with van der Waals surface area (Å²) in [5.74, 6) is 1.31. The van der Waals surface area contributed by atoms with Crippen molar-refractivity contribution in [1.82, 2.24) is 0 Å². The molecule has 2 heteroatoms. The summed E-state index contributed by atoms with van der Waals surface area (Å²) < 4.78 is 0. The Labute approximate surface area is 112 Å². The second-order valence-corrected chi connectivity index (χ2v) is 6.04. The lowest BCUT2D eigenvalue weighted by molar-refractivity contribution is 0.550. The van der Waals surface area contributed by atoms with Gasteiger partial charge in [0.1, 0.15) is 0 Å². The molecule has 18 heavy (non-hydrogen) atoms. The summed E-state index contributed by atoms with van der Waals surface area (Å²) in [6, 6.07) is 8.61. The maximum atomic E-state index is 6.09. The first-order valence-corrected chi connectivity index (χ1v) is 7.01. The molecule has 0 fully saturated rings. The molecule has 0 aliphatic carbocycles. The van der Waals surface area contributed by atoms with Gasteiger partial charge in [0.25, 0.3) is 0 Å². The van der Waals surface area contributed by atoms with Crippen molar-refractivity contribution in [3.63, 3.8) is 0 Å². The predicted octanol–water partition coefficient (Wildman–Crippen LogP) is 3.82. The third kappa shape index (κ3) is 4.34. The van der Waals surface area contributed by atoms with Gasteiger partial charge < -0.3 is 10.6 Å². The molecule has 2 nitrogen and oxygen atoms in total. The topological polar surface area (TPSA) is 29.3 Å². The van der Waals surface area contributed by atoms with Gasteiger partial charge in [-0.25, -0.2) is 0 Å². The molecule has 1 atom stereocenters. The number of para-hydroxylation sites is 1. The first kappa shape index (κ1) is 15.0. The van der Waals surface area contributed by atoms with Crippen LogP contribution in [0.3, 0.4) is 0 Å². The van der Waals surface area contributed by atoms with E-state index in [2.05, 4.69) is 63.8 Å². The fourth-order valence-corrected chi connectivity index (χ4v) is 2.31. The molecule has 0 unspecified atom stereocenters. The van der Waals surface area contributed by atoms with Crippen molar-refractivity contribution in [2.45, 2.75) is 40.7 Å². The van der Waals surface area contributed by atoms with E-state index in [9.17, 15) is 0 Å². The Morgan fingerprint density at radius 3 is 1.89 bits per heavy atom. The zero-order valence-corrected chi connectivity index (χ0v) is 12.5. The minimum absolute atomic E-state index is 0.0861. The highest BCUT2D eigenvalue weighted by atomic mass is 15.1. The molecule has 0 saturated heterocycles. The van der Waals surface area contributed by atoms with Crippen molar-refractivity contribution < 1.29 is 0 Å². The van der Waals surface area contributed by atoms with Crippen molar-refractivity contribution in [2.75, 3.05) is 18.0 Å². The summed E-state index contributed by atoms with van der Waals surface area (Å²) in [5, 5.41) is 0. The smallest absolute Gasteiger partial charge is 0.0414 e. The van der Waals surface area contributed by atoms with Gasteiger partial charge in [-0.2, -0.15) is 0 Å². The first-order chi connectivity index (χ1) is 8.41. The van der Waals surface area contributed by atoms with E-state index in [4.69, 9.17) is 5.73 Å².